The zero-order valence-electron chi connectivity index (χ0n) is 9.37. The van der Waals surface area contributed by atoms with Crippen molar-refractivity contribution in [3.63, 3.8) is 0 Å². The highest BCUT2D eigenvalue weighted by Crippen LogP contribution is 2.02. The van der Waals surface area contributed by atoms with Gasteiger partial charge in [-0.1, -0.05) is 48.6 Å². The molecular formula is C14H14O3. The zero-order valence-corrected chi connectivity index (χ0v) is 9.37. The second kappa shape index (κ2) is 7.17. The Bertz CT molecular complexity index is 430. The Hall–Kier alpha value is -2.16. The van der Waals surface area contributed by atoms with Crippen LogP contribution < -0.4 is 0 Å². The molecule has 1 N–H and O–H groups in total. The standard InChI is InChI=1S/C14H14O3/c15-13(11-14(16)17)10-6-2-5-9-12-7-3-1-4-8-12/h1,3-10H,2,11H2,(H,16,17). The van der Waals surface area contributed by atoms with Gasteiger partial charge in [0, 0.05) is 0 Å². The molecule has 0 aliphatic rings. The van der Waals surface area contributed by atoms with Crippen LogP contribution in [0.2, 0.25) is 0 Å². The molecule has 0 unspecified atom stereocenters. The van der Waals surface area contributed by atoms with E-state index in [1.165, 1.54) is 6.08 Å². The Kier molecular flexibility index (Phi) is 5.44. The lowest BCUT2D eigenvalue weighted by atomic mass is 10.2. The maximum atomic E-state index is 11.0. The van der Waals surface area contributed by atoms with E-state index in [1.54, 1.807) is 6.08 Å². The molecule has 0 fully saturated rings. The summed E-state index contributed by atoms with van der Waals surface area (Å²) < 4.78 is 0. The fourth-order valence-corrected chi connectivity index (χ4v) is 1.25. The first-order valence-corrected chi connectivity index (χ1v) is 5.31. The van der Waals surface area contributed by atoms with Crippen LogP contribution in [0.3, 0.4) is 0 Å². The number of ketones is 1. The Balaban J connectivity index is 2.33. The van der Waals surface area contributed by atoms with Crippen molar-refractivity contribution in [3.05, 3.63) is 54.1 Å². The predicted molar refractivity (Wildman–Crippen MR) is 66.5 cm³/mol. The normalized spacial score (nSPS) is 11.1. The summed E-state index contributed by atoms with van der Waals surface area (Å²) in [4.78, 5) is 21.2. The minimum Gasteiger partial charge on any atom is -0.481 e. The molecule has 0 bridgehead atoms. The van der Waals surface area contributed by atoms with Crippen molar-refractivity contribution in [1.82, 2.24) is 0 Å². The first kappa shape index (κ1) is 12.9. The second-order valence-corrected chi connectivity index (χ2v) is 3.49. The van der Waals surface area contributed by atoms with Crippen molar-refractivity contribution in [2.75, 3.05) is 0 Å². The van der Waals surface area contributed by atoms with Crippen LogP contribution >= 0.6 is 0 Å². The van der Waals surface area contributed by atoms with E-state index in [0.717, 1.165) is 5.56 Å². The average molecular weight is 230 g/mol. The van der Waals surface area contributed by atoms with Crippen molar-refractivity contribution < 1.29 is 14.7 Å². The summed E-state index contributed by atoms with van der Waals surface area (Å²) in [6.45, 7) is 0. The van der Waals surface area contributed by atoms with Gasteiger partial charge in [-0.05, 0) is 18.1 Å². The number of allylic oxidation sites excluding steroid dienone is 3. The Morgan fingerprint density at radius 3 is 2.47 bits per heavy atom. The largest absolute Gasteiger partial charge is 0.481 e. The van der Waals surface area contributed by atoms with Gasteiger partial charge < -0.3 is 5.11 Å². The van der Waals surface area contributed by atoms with Crippen LogP contribution in [0.25, 0.3) is 6.08 Å². The molecule has 0 aliphatic carbocycles. The second-order valence-electron chi connectivity index (χ2n) is 3.49. The van der Waals surface area contributed by atoms with Crippen molar-refractivity contribution in [2.45, 2.75) is 12.8 Å². The lowest BCUT2D eigenvalue weighted by molar-refractivity contribution is -0.139. The van der Waals surface area contributed by atoms with E-state index in [0.29, 0.717) is 6.42 Å². The van der Waals surface area contributed by atoms with E-state index in [-0.39, 0.29) is 5.78 Å². The van der Waals surface area contributed by atoms with E-state index in [4.69, 9.17) is 5.11 Å². The predicted octanol–water partition coefficient (Wildman–Crippen LogP) is 2.69. The molecule has 0 aromatic heterocycles. The third kappa shape index (κ3) is 6.10. The number of aliphatic carboxylic acids is 1. The summed E-state index contributed by atoms with van der Waals surface area (Å²) in [5.74, 6) is -1.48. The molecule has 0 saturated carbocycles. The highest BCUT2D eigenvalue weighted by molar-refractivity contribution is 6.01. The highest BCUT2D eigenvalue weighted by atomic mass is 16.4. The molecule has 0 amide bonds. The fraction of sp³-hybridized carbons (Fsp3) is 0.143. The number of carbonyl (C=O) groups excluding carboxylic acids is 1. The fourth-order valence-electron chi connectivity index (χ4n) is 1.25. The molecule has 0 atom stereocenters. The van der Waals surface area contributed by atoms with E-state index in [9.17, 15) is 9.59 Å². The van der Waals surface area contributed by atoms with Crippen LogP contribution in [0.4, 0.5) is 0 Å². The first-order valence-electron chi connectivity index (χ1n) is 5.31. The molecule has 0 radical (unpaired) electrons. The number of benzene rings is 1. The molecule has 3 nitrogen and oxygen atoms in total. The van der Waals surface area contributed by atoms with Crippen LogP contribution in [-0.2, 0) is 9.59 Å². The van der Waals surface area contributed by atoms with Crippen molar-refractivity contribution in [3.8, 4) is 0 Å². The first-order chi connectivity index (χ1) is 8.18. The molecule has 0 saturated heterocycles. The number of hydrogen-bond donors (Lipinski definition) is 1. The molecule has 3 heteroatoms. The van der Waals surface area contributed by atoms with Crippen LogP contribution in [0.5, 0.6) is 0 Å². The molecule has 1 aromatic rings. The summed E-state index contributed by atoms with van der Waals surface area (Å²) in [6, 6.07) is 9.81. The minimum absolute atomic E-state index is 0.384. The quantitative estimate of drug-likeness (QED) is 0.603. The maximum absolute atomic E-state index is 11.0. The number of carboxylic acid groups (broad SMARTS) is 1. The smallest absolute Gasteiger partial charge is 0.311 e. The monoisotopic (exact) mass is 230 g/mol. The molecule has 0 heterocycles. The Morgan fingerprint density at radius 1 is 1.12 bits per heavy atom. The molecule has 0 aliphatic heterocycles. The summed E-state index contributed by atoms with van der Waals surface area (Å²) >= 11 is 0. The van der Waals surface area contributed by atoms with Gasteiger partial charge >= 0.3 is 5.97 Å². The van der Waals surface area contributed by atoms with E-state index in [2.05, 4.69) is 0 Å². The number of hydrogen-bond acceptors (Lipinski definition) is 2. The average Bonchev–Trinajstić information content (AvgIpc) is 2.29. The van der Waals surface area contributed by atoms with E-state index in [1.807, 2.05) is 42.5 Å². The van der Waals surface area contributed by atoms with Crippen molar-refractivity contribution in [1.29, 1.82) is 0 Å². The van der Waals surface area contributed by atoms with Crippen LogP contribution in [0.15, 0.2) is 48.6 Å². The summed E-state index contributed by atoms with van der Waals surface area (Å²) in [6.07, 6.45) is 7.00. The van der Waals surface area contributed by atoms with Gasteiger partial charge in [0.25, 0.3) is 0 Å². The number of carboxylic acids is 1. The van der Waals surface area contributed by atoms with Gasteiger partial charge in [-0.3, -0.25) is 9.59 Å². The summed E-state index contributed by atoms with van der Waals surface area (Å²) in [5.41, 5.74) is 1.10. The van der Waals surface area contributed by atoms with Gasteiger partial charge in [-0.15, -0.1) is 0 Å². The third-order valence-electron chi connectivity index (χ3n) is 2.01. The van der Waals surface area contributed by atoms with E-state index >= 15 is 0 Å². The Morgan fingerprint density at radius 2 is 1.82 bits per heavy atom. The number of carbonyl (C=O) groups is 2. The molecule has 0 spiro atoms. The topological polar surface area (TPSA) is 54.4 Å². The molecule has 1 aromatic carbocycles. The summed E-state index contributed by atoms with van der Waals surface area (Å²) in [7, 11) is 0. The van der Waals surface area contributed by atoms with Crippen molar-refractivity contribution in [2.24, 2.45) is 0 Å². The molecule has 88 valence electrons. The zero-order chi connectivity index (χ0) is 12.5. The van der Waals surface area contributed by atoms with Gasteiger partial charge in [0.2, 0.25) is 0 Å². The lowest BCUT2D eigenvalue weighted by Gasteiger charge is -1.90. The van der Waals surface area contributed by atoms with Crippen molar-refractivity contribution >= 4 is 17.8 Å². The van der Waals surface area contributed by atoms with Gasteiger partial charge in [-0.2, -0.15) is 0 Å². The third-order valence-corrected chi connectivity index (χ3v) is 2.01. The van der Waals surface area contributed by atoms with E-state index < -0.39 is 12.4 Å². The van der Waals surface area contributed by atoms with Gasteiger partial charge in [-0.25, -0.2) is 0 Å². The van der Waals surface area contributed by atoms with Gasteiger partial charge in [0.05, 0.1) is 0 Å². The number of rotatable bonds is 6. The molecule has 17 heavy (non-hydrogen) atoms. The van der Waals surface area contributed by atoms with Crippen LogP contribution in [0, 0.1) is 0 Å². The van der Waals surface area contributed by atoms with Gasteiger partial charge in [0.15, 0.2) is 5.78 Å². The SMILES string of the molecule is O=C(O)CC(=O)C=CCC=Cc1ccccc1. The maximum Gasteiger partial charge on any atom is 0.311 e. The van der Waals surface area contributed by atoms with Gasteiger partial charge in [0.1, 0.15) is 6.42 Å². The lowest BCUT2D eigenvalue weighted by Crippen LogP contribution is -2.02. The molecular weight excluding hydrogens is 216 g/mol. The summed E-state index contributed by atoms with van der Waals surface area (Å²) in [5, 5.41) is 8.37. The van der Waals surface area contributed by atoms with Crippen LogP contribution in [-0.4, -0.2) is 16.9 Å². The Labute approximate surface area is 100 Å². The van der Waals surface area contributed by atoms with Crippen LogP contribution in [0.1, 0.15) is 18.4 Å². The highest BCUT2D eigenvalue weighted by Gasteiger charge is 2.01. The minimum atomic E-state index is -1.10. The molecule has 1 rings (SSSR count).